The third kappa shape index (κ3) is 5.94. The second-order valence-electron chi connectivity index (χ2n) is 7.65. The summed E-state index contributed by atoms with van der Waals surface area (Å²) in [6, 6.07) is 18.7. The Morgan fingerprint density at radius 1 is 1.00 bits per heavy atom. The molecule has 2 aromatic carbocycles. The van der Waals surface area contributed by atoms with Crippen LogP contribution in [0.3, 0.4) is 0 Å². The number of hydrogen-bond donors (Lipinski definition) is 0. The van der Waals surface area contributed by atoms with Crippen LogP contribution in [0.25, 0.3) is 0 Å². The van der Waals surface area contributed by atoms with E-state index in [9.17, 15) is 0 Å². The highest BCUT2D eigenvalue weighted by molar-refractivity contribution is 5.28. The van der Waals surface area contributed by atoms with E-state index in [0.717, 1.165) is 30.8 Å². The van der Waals surface area contributed by atoms with Crippen LogP contribution in [0.1, 0.15) is 44.7 Å². The van der Waals surface area contributed by atoms with Gasteiger partial charge in [-0.3, -0.25) is 0 Å². The average molecular weight is 353 g/mol. The molecular weight excluding hydrogens is 320 g/mol. The molecule has 2 heteroatoms. The van der Waals surface area contributed by atoms with Gasteiger partial charge in [-0.05, 0) is 47.4 Å². The summed E-state index contributed by atoms with van der Waals surface area (Å²) in [4.78, 5) is 0. The zero-order valence-electron chi connectivity index (χ0n) is 16.6. The lowest BCUT2D eigenvalue weighted by atomic mass is 9.72. The van der Waals surface area contributed by atoms with Gasteiger partial charge >= 0.3 is 0 Å². The highest BCUT2D eigenvalue weighted by Crippen LogP contribution is 2.38. The molecule has 0 radical (unpaired) electrons. The number of allylic oxidation sites excluding steroid dienone is 1. The van der Waals surface area contributed by atoms with Crippen molar-refractivity contribution < 1.29 is 9.47 Å². The average Bonchev–Trinajstić information content (AvgIpc) is 2.66. The standard InChI is InChI=1S/C24H32O2/c1-19(2)24(4,17-20(3)25-5)16-15-21-11-13-23(14-12-21)26-18-22-9-7-6-8-10-22/h6-14,19H,3,15-18H2,1-2,4-5H3. The first-order valence-corrected chi connectivity index (χ1v) is 9.40. The molecule has 0 N–H and O–H groups in total. The van der Waals surface area contributed by atoms with E-state index in [1.165, 1.54) is 11.1 Å². The number of methoxy groups -OCH3 is 1. The van der Waals surface area contributed by atoms with Crippen molar-refractivity contribution in [2.75, 3.05) is 7.11 Å². The van der Waals surface area contributed by atoms with Crippen LogP contribution < -0.4 is 4.74 Å². The Labute approximate surface area is 158 Å². The van der Waals surface area contributed by atoms with Crippen molar-refractivity contribution in [2.45, 2.75) is 46.6 Å². The maximum atomic E-state index is 5.87. The molecule has 0 saturated carbocycles. The third-order valence-electron chi connectivity index (χ3n) is 5.44. The summed E-state index contributed by atoms with van der Waals surface area (Å²) in [5.41, 5.74) is 2.71. The number of aryl methyl sites for hydroxylation is 1. The fraction of sp³-hybridized carbons (Fsp3) is 0.417. The fourth-order valence-corrected chi connectivity index (χ4v) is 3.03. The molecule has 0 aliphatic heterocycles. The quantitative estimate of drug-likeness (QED) is 0.460. The van der Waals surface area contributed by atoms with Gasteiger partial charge in [-0.25, -0.2) is 0 Å². The van der Waals surface area contributed by atoms with Crippen LogP contribution >= 0.6 is 0 Å². The molecule has 0 heterocycles. The van der Waals surface area contributed by atoms with Crippen LogP contribution in [0.5, 0.6) is 5.75 Å². The SMILES string of the molecule is C=C(CC(C)(CCc1ccc(OCc2ccccc2)cc1)C(C)C)OC. The number of hydrogen-bond acceptors (Lipinski definition) is 2. The van der Waals surface area contributed by atoms with E-state index < -0.39 is 0 Å². The van der Waals surface area contributed by atoms with Gasteiger partial charge in [-0.1, -0.05) is 69.8 Å². The molecule has 2 nitrogen and oxygen atoms in total. The van der Waals surface area contributed by atoms with Crippen LogP contribution in [-0.4, -0.2) is 7.11 Å². The van der Waals surface area contributed by atoms with Crippen molar-refractivity contribution in [1.29, 1.82) is 0 Å². The van der Waals surface area contributed by atoms with E-state index in [1.807, 2.05) is 18.2 Å². The molecule has 0 aliphatic rings. The minimum atomic E-state index is 0.190. The summed E-state index contributed by atoms with van der Waals surface area (Å²) in [6.45, 7) is 11.5. The highest BCUT2D eigenvalue weighted by Gasteiger charge is 2.29. The lowest BCUT2D eigenvalue weighted by molar-refractivity contribution is 0.154. The Balaban J connectivity index is 1.90. The molecule has 0 spiro atoms. The molecule has 2 rings (SSSR count). The summed E-state index contributed by atoms with van der Waals surface area (Å²) in [5.74, 6) is 2.35. The van der Waals surface area contributed by atoms with Crippen molar-refractivity contribution in [1.82, 2.24) is 0 Å². The van der Waals surface area contributed by atoms with Gasteiger partial charge in [0.1, 0.15) is 12.4 Å². The van der Waals surface area contributed by atoms with E-state index in [2.05, 4.69) is 63.7 Å². The molecule has 1 atom stereocenters. The fourth-order valence-electron chi connectivity index (χ4n) is 3.03. The molecule has 140 valence electrons. The van der Waals surface area contributed by atoms with Gasteiger partial charge in [0.2, 0.25) is 0 Å². The Bertz CT molecular complexity index is 673. The molecule has 0 fully saturated rings. The molecule has 0 saturated heterocycles. The van der Waals surface area contributed by atoms with Crippen molar-refractivity contribution in [3.63, 3.8) is 0 Å². The van der Waals surface area contributed by atoms with E-state index in [0.29, 0.717) is 12.5 Å². The summed E-state index contributed by atoms with van der Waals surface area (Å²) >= 11 is 0. The van der Waals surface area contributed by atoms with Crippen LogP contribution in [0.15, 0.2) is 66.9 Å². The molecular formula is C24H32O2. The van der Waals surface area contributed by atoms with Gasteiger partial charge in [0.25, 0.3) is 0 Å². The lowest BCUT2D eigenvalue weighted by Crippen LogP contribution is -2.25. The zero-order valence-corrected chi connectivity index (χ0v) is 16.6. The predicted molar refractivity (Wildman–Crippen MR) is 109 cm³/mol. The molecule has 0 aromatic heterocycles. The predicted octanol–water partition coefficient (Wildman–Crippen LogP) is 6.41. The minimum Gasteiger partial charge on any atom is -0.502 e. The van der Waals surface area contributed by atoms with Gasteiger partial charge in [-0.2, -0.15) is 0 Å². The van der Waals surface area contributed by atoms with Crippen LogP contribution in [-0.2, 0) is 17.8 Å². The lowest BCUT2D eigenvalue weighted by Gasteiger charge is -2.34. The van der Waals surface area contributed by atoms with Gasteiger partial charge in [0.05, 0.1) is 12.9 Å². The van der Waals surface area contributed by atoms with Gasteiger partial charge in [0, 0.05) is 6.42 Å². The summed E-state index contributed by atoms with van der Waals surface area (Å²) < 4.78 is 11.2. The zero-order chi connectivity index (χ0) is 19.0. The first-order valence-electron chi connectivity index (χ1n) is 9.40. The van der Waals surface area contributed by atoms with Crippen LogP contribution in [0, 0.1) is 11.3 Å². The normalized spacial score (nSPS) is 13.3. The van der Waals surface area contributed by atoms with E-state index in [-0.39, 0.29) is 5.41 Å². The molecule has 26 heavy (non-hydrogen) atoms. The minimum absolute atomic E-state index is 0.190. The van der Waals surface area contributed by atoms with Crippen molar-refractivity contribution in [3.8, 4) is 5.75 Å². The Hall–Kier alpha value is -2.22. The Kier molecular flexibility index (Phi) is 7.32. The summed E-state index contributed by atoms with van der Waals surface area (Å²) in [6.07, 6.45) is 3.06. The molecule has 0 aliphatic carbocycles. The highest BCUT2D eigenvalue weighted by atomic mass is 16.5. The molecule has 0 amide bonds. The van der Waals surface area contributed by atoms with E-state index in [4.69, 9.17) is 9.47 Å². The third-order valence-corrected chi connectivity index (χ3v) is 5.44. The van der Waals surface area contributed by atoms with Crippen molar-refractivity contribution >= 4 is 0 Å². The van der Waals surface area contributed by atoms with E-state index in [1.54, 1.807) is 7.11 Å². The van der Waals surface area contributed by atoms with Gasteiger partial charge in [0.15, 0.2) is 0 Å². The Morgan fingerprint density at radius 2 is 1.65 bits per heavy atom. The number of benzene rings is 2. The first-order chi connectivity index (χ1) is 12.4. The summed E-state index contributed by atoms with van der Waals surface area (Å²) in [5, 5.41) is 0. The van der Waals surface area contributed by atoms with Crippen molar-refractivity contribution in [2.24, 2.45) is 11.3 Å². The molecule has 0 bridgehead atoms. The Morgan fingerprint density at radius 3 is 2.23 bits per heavy atom. The van der Waals surface area contributed by atoms with Crippen LogP contribution in [0.2, 0.25) is 0 Å². The topological polar surface area (TPSA) is 18.5 Å². The van der Waals surface area contributed by atoms with E-state index >= 15 is 0 Å². The second kappa shape index (κ2) is 9.47. The van der Waals surface area contributed by atoms with Crippen LogP contribution in [0.4, 0.5) is 0 Å². The maximum Gasteiger partial charge on any atom is 0.119 e. The van der Waals surface area contributed by atoms with Gasteiger partial charge < -0.3 is 9.47 Å². The monoisotopic (exact) mass is 352 g/mol. The van der Waals surface area contributed by atoms with Gasteiger partial charge in [-0.15, -0.1) is 0 Å². The number of rotatable bonds is 10. The maximum absolute atomic E-state index is 5.87. The largest absolute Gasteiger partial charge is 0.502 e. The second-order valence-corrected chi connectivity index (χ2v) is 7.65. The first kappa shape index (κ1) is 20.1. The molecule has 1 unspecified atom stereocenters. The summed E-state index contributed by atoms with van der Waals surface area (Å²) in [7, 11) is 1.71. The number of ether oxygens (including phenoxy) is 2. The van der Waals surface area contributed by atoms with Crippen molar-refractivity contribution in [3.05, 3.63) is 78.1 Å². The molecule has 2 aromatic rings. The smallest absolute Gasteiger partial charge is 0.119 e.